The first-order valence-electron chi connectivity index (χ1n) is 3.84. The third-order valence-corrected chi connectivity index (χ3v) is 1.98. The topological polar surface area (TPSA) is 67.3 Å². The Balaban J connectivity index is 2.65. The fourth-order valence-electron chi connectivity index (χ4n) is 1.35. The molecule has 3 heterocycles. The predicted octanol–water partition coefficient (Wildman–Crippen LogP) is 0.901. The van der Waals surface area contributed by atoms with Crippen LogP contribution in [0.3, 0.4) is 0 Å². The van der Waals surface area contributed by atoms with Gasteiger partial charge < -0.3 is 0 Å². The minimum absolute atomic E-state index is 0.625. The lowest BCUT2D eigenvalue weighted by Crippen LogP contribution is -1.81. The number of aromatic amines is 1. The van der Waals surface area contributed by atoms with Gasteiger partial charge >= 0.3 is 0 Å². The highest BCUT2D eigenvalue weighted by atomic mass is 15.3. The normalized spacial score (nSPS) is 11.1. The summed E-state index contributed by atoms with van der Waals surface area (Å²) < 4.78 is 0. The molecular formula is C8H5N5. The van der Waals surface area contributed by atoms with E-state index >= 15 is 0 Å². The maximum Gasteiger partial charge on any atom is 0.202 e. The SMILES string of the molecule is c1cc2cnc3nn[nH]c3c2cn1. The molecule has 3 aromatic rings. The van der Waals surface area contributed by atoms with Gasteiger partial charge in [-0.05, 0) is 6.07 Å². The Morgan fingerprint density at radius 3 is 3.23 bits per heavy atom. The van der Waals surface area contributed by atoms with Crippen molar-refractivity contribution in [3.63, 3.8) is 0 Å². The number of fused-ring (bicyclic) bond motifs is 3. The van der Waals surface area contributed by atoms with Crippen LogP contribution in [0.4, 0.5) is 0 Å². The highest BCUT2D eigenvalue weighted by Gasteiger charge is 2.03. The van der Waals surface area contributed by atoms with E-state index in [-0.39, 0.29) is 0 Å². The summed E-state index contributed by atoms with van der Waals surface area (Å²) >= 11 is 0. The van der Waals surface area contributed by atoms with Crippen LogP contribution in [0.2, 0.25) is 0 Å². The summed E-state index contributed by atoms with van der Waals surface area (Å²) in [5.74, 6) is 0. The number of hydrogen-bond acceptors (Lipinski definition) is 4. The second kappa shape index (κ2) is 2.22. The molecule has 0 aliphatic heterocycles. The van der Waals surface area contributed by atoms with E-state index in [0.717, 1.165) is 16.3 Å². The molecule has 1 N–H and O–H groups in total. The van der Waals surface area contributed by atoms with E-state index in [0.29, 0.717) is 5.65 Å². The molecule has 0 aliphatic rings. The number of aromatic nitrogens is 5. The third-order valence-electron chi connectivity index (χ3n) is 1.98. The van der Waals surface area contributed by atoms with Crippen molar-refractivity contribution in [2.75, 3.05) is 0 Å². The minimum Gasteiger partial charge on any atom is -0.264 e. The zero-order valence-corrected chi connectivity index (χ0v) is 6.60. The molecule has 0 saturated carbocycles. The Morgan fingerprint density at radius 2 is 2.23 bits per heavy atom. The summed E-state index contributed by atoms with van der Waals surface area (Å²) in [4.78, 5) is 8.18. The maximum atomic E-state index is 4.14. The van der Waals surface area contributed by atoms with Crippen molar-refractivity contribution in [2.45, 2.75) is 0 Å². The van der Waals surface area contributed by atoms with Crippen LogP contribution in [0, 0.1) is 0 Å². The lowest BCUT2D eigenvalue weighted by Gasteiger charge is -1.94. The van der Waals surface area contributed by atoms with Crippen LogP contribution < -0.4 is 0 Å². The molecule has 13 heavy (non-hydrogen) atoms. The molecule has 5 nitrogen and oxygen atoms in total. The molecule has 0 fully saturated rings. The lowest BCUT2D eigenvalue weighted by molar-refractivity contribution is 0.955. The Bertz CT molecular complexity index is 571. The second-order valence-corrected chi connectivity index (χ2v) is 2.73. The standard InChI is InChI=1S/C8H5N5/c1-2-9-4-6-5(1)3-10-8-7(6)11-13-12-8/h1-4H,(H,10,11,12,13). The molecule has 0 amide bonds. The van der Waals surface area contributed by atoms with E-state index in [1.54, 1.807) is 18.6 Å². The highest BCUT2D eigenvalue weighted by molar-refractivity contribution is 6.00. The van der Waals surface area contributed by atoms with Gasteiger partial charge in [0.15, 0.2) is 0 Å². The van der Waals surface area contributed by atoms with Gasteiger partial charge in [0.2, 0.25) is 5.65 Å². The number of rotatable bonds is 0. The summed E-state index contributed by atoms with van der Waals surface area (Å²) in [6, 6.07) is 1.91. The zero-order chi connectivity index (χ0) is 8.67. The quantitative estimate of drug-likeness (QED) is 0.545. The molecule has 3 aromatic heterocycles. The van der Waals surface area contributed by atoms with Gasteiger partial charge in [0.1, 0.15) is 5.52 Å². The molecule has 3 rings (SSSR count). The van der Waals surface area contributed by atoms with E-state index in [1.807, 2.05) is 6.07 Å². The van der Waals surface area contributed by atoms with Crippen LogP contribution in [-0.4, -0.2) is 25.4 Å². The number of H-pyrrole nitrogens is 1. The average Bonchev–Trinajstić information content (AvgIpc) is 2.65. The van der Waals surface area contributed by atoms with Crippen LogP contribution in [0.1, 0.15) is 0 Å². The number of hydrogen-bond donors (Lipinski definition) is 1. The highest BCUT2D eigenvalue weighted by Crippen LogP contribution is 2.17. The van der Waals surface area contributed by atoms with Crippen LogP contribution in [0.5, 0.6) is 0 Å². The van der Waals surface area contributed by atoms with Gasteiger partial charge in [-0.15, -0.1) is 5.10 Å². The predicted molar refractivity (Wildman–Crippen MR) is 47.0 cm³/mol. The average molecular weight is 171 g/mol. The van der Waals surface area contributed by atoms with E-state index in [9.17, 15) is 0 Å². The first-order chi connectivity index (χ1) is 6.45. The van der Waals surface area contributed by atoms with Crippen LogP contribution in [0.15, 0.2) is 24.7 Å². The lowest BCUT2D eigenvalue weighted by atomic mass is 10.2. The van der Waals surface area contributed by atoms with Crippen molar-refractivity contribution in [1.82, 2.24) is 25.4 Å². The summed E-state index contributed by atoms with van der Waals surface area (Å²) in [5.41, 5.74) is 1.46. The number of nitrogens with one attached hydrogen (secondary N) is 1. The van der Waals surface area contributed by atoms with Crippen LogP contribution >= 0.6 is 0 Å². The molecule has 0 unspecified atom stereocenters. The van der Waals surface area contributed by atoms with Gasteiger partial charge in [-0.3, -0.25) is 10.1 Å². The summed E-state index contributed by atoms with van der Waals surface area (Å²) in [5, 5.41) is 12.3. The molecule has 0 aromatic carbocycles. The molecular weight excluding hydrogens is 166 g/mol. The minimum atomic E-state index is 0.625. The van der Waals surface area contributed by atoms with Crippen molar-refractivity contribution in [3.05, 3.63) is 24.7 Å². The molecule has 0 radical (unpaired) electrons. The van der Waals surface area contributed by atoms with Crippen LogP contribution in [0.25, 0.3) is 21.9 Å². The van der Waals surface area contributed by atoms with Crippen molar-refractivity contribution < 1.29 is 0 Å². The second-order valence-electron chi connectivity index (χ2n) is 2.73. The maximum absolute atomic E-state index is 4.14. The van der Waals surface area contributed by atoms with Gasteiger partial charge in [-0.2, -0.15) is 0 Å². The number of pyridine rings is 2. The van der Waals surface area contributed by atoms with Crippen molar-refractivity contribution in [2.24, 2.45) is 0 Å². The molecule has 5 heteroatoms. The molecule has 0 saturated heterocycles. The Hall–Kier alpha value is -2.04. The Labute approximate surface area is 72.8 Å². The van der Waals surface area contributed by atoms with E-state index < -0.39 is 0 Å². The largest absolute Gasteiger partial charge is 0.264 e. The smallest absolute Gasteiger partial charge is 0.202 e. The van der Waals surface area contributed by atoms with Crippen molar-refractivity contribution >= 4 is 21.9 Å². The summed E-state index contributed by atoms with van der Waals surface area (Å²) in [6.45, 7) is 0. The van der Waals surface area contributed by atoms with Gasteiger partial charge in [0, 0.05) is 29.4 Å². The fourth-order valence-corrected chi connectivity index (χ4v) is 1.35. The monoisotopic (exact) mass is 171 g/mol. The first-order valence-corrected chi connectivity index (χ1v) is 3.84. The van der Waals surface area contributed by atoms with Crippen molar-refractivity contribution in [1.29, 1.82) is 0 Å². The Kier molecular flexibility index (Phi) is 1.11. The van der Waals surface area contributed by atoms with Gasteiger partial charge in [-0.1, -0.05) is 5.21 Å². The third kappa shape index (κ3) is 0.807. The molecule has 0 aliphatic carbocycles. The molecule has 0 spiro atoms. The van der Waals surface area contributed by atoms with E-state index in [2.05, 4.69) is 25.4 Å². The molecule has 0 atom stereocenters. The van der Waals surface area contributed by atoms with Gasteiger partial charge in [-0.25, -0.2) is 4.98 Å². The Morgan fingerprint density at radius 1 is 1.23 bits per heavy atom. The van der Waals surface area contributed by atoms with Crippen molar-refractivity contribution in [3.8, 4) is 0 Å². The molecule has 0 bridgehead atoms. The van der Waals surface area contributed by atoms with Gasteiger partial charge in [0.05, 0.1) is 0 Å². The summed E-state index contributed by atoms with van der Waals surface area (Å²) in [6.07, 6.45) is 5.28. The molecule has 62 valence electrons. The first kappa shape index (κ1) is 6.47. The fraction of sp³-hybridized carbons (Fsp3) is 0. The zero-order valence-electron chi connectivity index (χ0n) is 6.60. The van der Waals surface area contributed by atoms with E-state index in [1.165, 1.54) is 0 Å². The van der Waals surface area contributed by atoms with E-state index in [4.69, 9.17) is 0 Å². The summed E-state index contributed by atoms with van der Waals surface area (Å²) in [7, 11) is 0. The van der Waals surface area contributed by atoms with Crippen LogP contribution in [-0.2, 0) is 0 Å². The van der Waals surface area contributed by atoms with Gasteiger partial charge in [0.25, 0.3) is 0 Å². The number of nitrogens with zero attached hydrogens (tertiary/aromatic N) is 4.